The second-order valence-electron chi connectivity index (χ2n) is 5.99. The van der Waals surface area contributed by atoms with Crippen molar-refractivity contribution in [2.24, 2.45) is 7.05 Å². The molecule has 6 nitrogen and oxygen atoms in total. The smallest absolute Gasteiger partial charge is 0.261 e. The van der Waals surface area contributed by atoms with Crippen LogP contribution in [0, 0.1) is 0 Å². The zero-order valence-electron chi connectivity index (χ0n) is 15.0. The van der Waals surface area contributed by atoms with Gasteiger partial charge in [-0.25, -0.2) is 4.98 Å². The molecule has 2 aromatic heterocycles. The molecule has 2 heterocycles. The predicted octanol–water partition coefficient (Wildman–Crippen LogP) is 2.65. The summed E-state index contributed by atoms with van der Waals surface area (Å²) in [6.07, 6.45) is 0.700. The third-order valence-electron chi connectivity index (χ3n) is 3.96. The summed E-state index contributed by atoms with van der Waals surface area (Å²) in [6.45, 7) is 2.04. The number of nitrogens with zero attached hydrogens (tertiary/aromatic N) is 2. The van der Waals surface area contributed by atoms with E-state index in [1.165, 1.54) is 34.6 Å². The summed E-state index contributed by atoms with van der Waals surface area (Å²) in [7, 11) is 1.67. The summed E-state index contributed by atoms with van der Waals surface area (Å²) in [5.41, 5.74) is 0.513. The molecule has 1 N–H and O–H groups in total. The first-order chi connectivity index (χ1) is 13.0. The largest absolute Gasteiger partial charge is 0.356 e. The van der Waals surface area contributed by atoms with E-state index in [4.69, 9.17) is 0 Å². The number of nitrogens with one attached hydrogen (secondary N) is 1. The van der Waals surface area contributed by atoms with Gasteiger partial charge in [-0.15, -0.1) is 11.3 Å². The van der Waals surface area contributed by atoms with Gasteiger partial charge >= 0.3 is 0 Å². The van der Waals surface area contributed by atoms with Crippen LogP contribution < -0.4 is 10.9 Å². The van der Waals surface area contributed by atoms with Gasteiger partial charge in [0.25, 0.3) is 5.56 Å². The Labute approximate surface area is 164 Å². The van der Waals surface area contributed by atoms with E-state index in [-0.39, 0.29) is 23.0 Å². The van der Waals surface area contributed by atoms with E-state index in [9.17, 15) is 14.4 Å². The first-order valence-electron chi connectivity index (χ1n) is 8.40. The van der Waals surface area contributed by atoms with Gasteiger partial charge in [-0.2, -0.15) is 0 Å². The van der Waals surface area contributed by atoms with E-state index in [1.54, 1.807) is 19.2 Å². The van der Waals surface area contributed by atoms with Crippen molar-refractivity contribution in [3.05, 3.63) is 56.5 Å². The van der Waals surface area contributed by atoms with Gasteiger partial charge in [-0.1, -0.05) is 23.9 Å². The van der Waals surface area contributed by atoms with Crippen LogP contribution in [0.3, 0.4) is 0 Å². The Morgan fingerprint density at radius 3 is 2.78 bits per heavy atom. The van der Waals surface area contributed by atoms with Gasteiger partial charge in [0.2, 0.25) is 5.91 Å². The van der Waals surface area contributed by atoms with E-state index < -0.39 is 0 Å². The van der Waals surface area contributed by atoms with Gasteiger partial charge in [0.15, 0.2) is 10.9 Å². The molecular weight excluding hydrogens is 382 g/mol. The molecule has 0 fully saturated rings. The van der Waals surface area contributed by atoms with Crippen molar-refractivity contribution < 1.29 is 9.59 Å². The molecule has 0 atom stereocenters. The number of aromatic nitrogens is 2. The number of para-hydroxylation sites is 1. The van der Waals surface area contributed by atoms with Crippen LogP contribution in [0.1, 0.15) is 21.5 Å². The fraction of sp³-hybridized carbons (Fsp3) is 0.263. The van der Waals surface area contributed by atoms with Crippen molar-refractivity contribution in [3.8, 4) is 0 Å². The molecule has 8 heteroatoms. The van der Waals surface area contributed by atoms with E-state index in [0.29, 0.717) is 33.9 Å². The summed E-state index contributed by atoms with van der Waals surface area (Å²) in [5, 5.41) is 3.83. The molecule has 0 bridgehead atoms. The van der Waals surface area contributed by atoms with Crippen molar-refractivity contribution in [2.75, 3.05) is 12.3 Å². The Kier molecular flexibility index (Phi) is 6.08. The molecule has 1 amide bonds. The highest BCUT2D eigenvalue weighted by molar-refractivity contribution is 7.99. The van der Waals surface area contributed by atoms with Crippen LogP contribution >= 0.6 is 23.1 Å². The molecule has 3 rings (SSSR count). The third-order valence-corrected chi connectivity index (χ3v) is 6.17. The lowest BCUT2D eigenvalue weighted by atomic mass is 10.2. The number of Topliss-reactive ketones (excluding diaryl/α,β-unsaturated/α-hetero) is 1. The average Bonchev–Trinajstić information content (AvgIpc) is 3.12. The van der Waals surface area contributed by atoms with Crippen LogP contribution in [0.4, 0.5) is 0 Å². The highest BCUT2D eigenvalue weighted by Gasteiger charge is 2.13. The van der Waals surface area contributed by atoms with E-state index >= 15 is 0 Å². The fourth-order valence-corrected chi connectivity index (χ4v) is 4.44. The lowest BCUT2D eigenvalue weighted by molar-refractivity contribution is -0.118. The standard InChI is InChI=1S/C19H19N3O3S2/c1-12(23)20-10-9-13-7-8-17(27-13)16(24)11-26-19-21-15-6-4-3-5-14(15)18(25)22(19)2/h3-8H,9-11H2,1-2H3,(H,20,23). The second kappa shape index (κ2) is 8.49. The van der Waals surface area contributed by atoms with Crippen LogP contribution in [0.25, 0.3) is 10.9 Å². The SMILES string of the molecule is CC(=O)NCCc1ccc(C(=O)CSc2nc3ccccc3c(=O)n2C)s1. The van der Waals surface area contributed by atoms with Crippen LogP contribution in [-0.4, -0.2) is 33.5 Å². The highest BCUT2D eigenvalue weighted by atomic mass is 32.2. The molecule has 140 valence electrons. The lowest BCUT2D eigenvalue weighted by Crippen LogP contribution is -2.22. The molecule has 0 spiro atoms. The van der Waals surface area contributed by atoms with Crippen LogP contribution in [0.15, 0.2) is 46.3 Å². The number of ketones is 1. The summed E-state index contributed by atoms with van der Waals surface area (Å²) < 4.78 is 1.48. The zero-order valence-corrected chi connectivity index (χ0v) is 16.7. The number of thioether (sulfide) groups is 1. The predicted molar refractivity (Wildman–Crippen MR) is 109 cm³/mol. The molecule has 0 radical (unpaired) electrons. The number of rotatable bonds is 7. The minimum absolute atomic E-state index is 0.00168. The maximum Gasteiger partial charge on any atom is 0.261 e. The van der Waals surface area contributed by atoms with Gasteiger partial charge < -0.3 is 5.32 Å². The quantitative estimate of drug-likeness (QED) is 0.374. The summed E-state index contributed by atoms with van der Waals surface area (Å²) >= 11 is 2.70. The Balaban J connectivity index is 1.67. The summed E-state index contributed by atoms with van der Waals surface area (Å²) in [6, 6.07) is 10.9. The number of fused-ring (bicyclic) bond motifs is 1. The van der Waals surface area contributed by atoms with Crippen molar-refractivity contribution >= 4 is 45.7 Å². The number of thiophene rings is 1. The average molecular weight is 402 g/mol. The Morgan fingerprint density at radius 2 is 2.00 bits per heavy atom. The van der Waals surface area contributed by atoms with Crippen LogP contribution in [0.2, 0.25) is 0 Å². The Morgan fingerprint density at radius 1 is 1.22 bits per heavy atom. The fourth-order valence-electron chi connectivity index (χ4n) is 2.55. The molecule has 0 aliphatic carbocycles. The minimum Gasteiger partial charge on any atom is -0.356 e. The lowest BCUT2D eigenvalue weighted by Gasteiger charge is -2.07. The maximum absolute atomic E-state index is 12.5. The monoisotopic (exact) mass is 401 g/mol. The normalized spacial score (nSPS) is 10.9. The number of carbonyl (C=O) groups excluding carboxylic acids is 2. The molecule has 0 unspecified atom stereocenters. The number of benzene rings is 1. The first-order valence-corrected chi connectivity index (χ1v) is 10.2. The summed E-state index contributed by atoms with van der Waals surface area (Å²) in [5.74, 6) is 0.149. The second-order valence-corrected chi connectivity index (χ2v) is 8.10. The maximum atomic E-state index is 12.5. The number of carbonyl (C=O) groups is 2. The molecule has 3 aromatic rings. The van der Waals surface area contributed by atoms with E-state index in [2.05, 4.69) is 10.3 Å². The number of amides is 1. The molecule has 27 heavy (non-hydrogen) atoms. The molecule has 0 aliphatic heterocycles. The molecular formula is C19H19N3O3S2. The topological polar surface area (TPSA) is 81.1 Å². The van der Waals surface area contributed by atoms with Gasteiger partial charge in [0.05, 0.1) is 21.5 Å². The third kappa shape index (κ3) is 4.64. The van der Waals surface area contributed by atoms with Gasteiger partial charge in [-0.05, 0) is 30.7 Å². The van der Waals surface area contributed by atoms with Gasteiger partial charge in [-0.3, -0.25) is 19.0 Å². The van der Waals surface area contributed by atoms with E-state index in [0.717, 1.165) is 4.88 Å². The van der Waals surface area contributed by atoms with Crippen molar-refractivity contribution in [1.82, 2.24) is 14.9 Å². The molecule has 0 saturated carbocycles. The van der Waals surface area contributed by atoms with Crippen molar-refractivity contribution in [2.45, 2.75) is 18.5 Å². The molecule has 1 aromatic carbocycles. The van der Waals surface area contributed by atoms with Gasteiger partial charge in [0, 0.05) is 25.4 Å². The molecule has 0 saturated heterocycles. The van der Waals surface area contributed by atoms with Crippen LogP contribution in [-0.2, 0) is 18.3 Å². The zero-order chi connectivity index (χ0) is 19.4. The van der Waals surface area contributed by atoms with E-state index in [1.807, 2.05) is 24.3 Å². The van der Waals surface area contributed by atoms with Crippen molar-refractivity contribution in [3.63, 3.8) is 0 Å². The number of hydrogen-bond donors (Lipinski definition) is 1. The summed E-state index contributed by atoms with van der Waals surface area (Å²) in [4.78, 5) is 42.0. The number of hydrogen-bond acceptors (Lipinski definition) is 6. The molecule has 0 aliphatic rings. The Hall–Kier alpha value is -2.45. The first kappa shape index (κ1) is 19.3. The Bertz CT molecular complexity index is 1060. The highest BCUT2D eigenvalue weighted by Crippen LogP contribution is 2.22. The van der Waals surface area contributed by atoms with Crippen LogP contribution in [0.5, 0.6) is 0 Å². The minimum atomic E-state index is -0.119. The van der Waals surface area contributed by atoms with Crippen molar-refractivity contribution in [1.29, 1.82) is 0 Å². The van der Waals surface area contributed by atoms with Gasteiger partial charge in [0.1, 0.15) is 0 Å².